The SMILES string of the molecule is O=C(Nc1ccccc1C(F)(F)F)c1ccc(COc2ccc(Cl)cc2)cc1. The van der Waals surface area contributed by atoms with Crippen molar-refractivity contribution in [1.82, 2.24) is 0 Å². The van der Waals surface area contributed by atoms with E-state index in [4.69, 9.17) is 16.3 Å². The Balaban J connectivity index is 1.65. The number of amides is 1. The van der Waals surface area contributed by atoms with Crippen molar-refractivity contribution in [2.45, 2.75) is 12.8 Å². The number of hydrogen-bond acceptors (Lipinski definition) is 2. The van der Waals surface area contributed by atoms with Crippen LogP contribution in [0.3, 0.4) is 0 Å². The monoisotopic (exact) mass is 405 g/mol. The summed E-state index contributed by atoms with van der Waals surface area (Å²) in [6, 6.07) is 18.2. The fraction of sp³-hybridized carbons (Fsp3) is 0.0952. The molecule has 0 saturated carbocycles. The first-order valence-electron chi connectivity index (χ1n) is 8.28. The van der Waals surface area contributed by atoms with Crippen LogP contribution in [0.15, 0.2) is 72.8 Å². The van der Waals surface area contributed by atoms with Gasteiger partial charge < -0.3 is 10.1 Å². The molecule has 0 fully saturated rings. The Hall–Kier alpha value is -2.99. The van der Waals surface area contributed by atoms with Gasteiger partial charge in [-0.25, -0.2) is 0 Å². The molecule has 1 N–H and O–H groups in total. The summed E-state index contributed by atoms with van der Waals surface area (Å²) in [4.78, 5) is 12.3. The van der Waals surface area contributed by atoms with E-state index in [2.05, 4.69) is 5.32 Å². The van der Waals surface area contributed by atoms with Crippen LogP contribution in [0.1, 0.15) is 21.5 Å². The Morgan fingerprint density at radius 2 is 1.57 bits per heavy atom. The standard InChI is InChI=1S/C21H15ClF3NO2/c22-16-9-11-17(12-10-16)28-13-14-5-7-15(8-6-14)20(27)26-19-4-2-1-3-18(19)21(23,24)25/h1-12H,13H2,(H,26,27). The summed E-state index contributed by atoms with van der Waals surface area (Å²) < 4.78 is 44.7. The normalized spacial score (nSPS) is 11.1. The minimum Gasteiger partial charge on any atom is -0.489 e. The zero-order chi connectivity index (χ0) is 20.1. The molecule has 0 heterocycles. The van der Waals surface area contributed by atoms with E-state index >= 15 is 0 Å². The van der Waals surface area contributed by atoms with Gasteiger partial charge in [-0.05, 0) is 54.1 Å². The number of alkyl halides is 3. The van der Waals surface area contributed by atoms with Crippen molar-refractivity contribution in [1.29, 1.82) is 0 Å². The highest BCUT2D eigenvalue weighted by Crippen LogP contribution is 2.34. The van der Waals surface area contributed by atoms with E-state index in [1.54, 1.807) is 36.4 Å². The molecule has 3 rings (SSSR count). The van der Waals surface area contributed by atoms with Gasteiger partial charge >= 0.3 is 6.18 Å². The average molecular weight is 406 g/mol. The van der Waals surface area contributed by atoms with Gasteiger partial charge in [0.15, 0.2) is 0 Å². The van der Waals surface area contributed by atoms with Gasteiger partial charge in [-0.1, -0.05) is 35.9 Å². The number of carbonyl (C=O) groups is 1. The van der Waals surface area contributed by atoms with Gasteiger partial charge in [-0.3, -0.25) is 4.79 Å². The highest BCUT2D eigenvalue weighted by molar-refractivity contribution is 6.30. The lowest BCUT2D eigenvalue weighted by molar-refractivity contribution is -0.136. The Morgan fingerprint density at radius 3 is 2.21 bits per heavy atom. The Labute approximate surface area is 164 Å². The van der Waals surface area contributed by atoms with Gasteiger partial charge in [-0.2, -0.15) is 13.2 Å². The summed E-state index contributed by atoms with van der Waals surface area (Å²) in [6.07, 6.45) is -4.55. The maximum Gasteiger partial charge on any atom is 0.418 e. The zero-order valence-corrected chi connectivity index (χ0v) is 15.2. The van der Waals surface area contributed by atoms with Crippen LogP contribution >= 0.6 is 11.6 Å². The zero-order valence-electron chi connectivity index (χ0n) is 14.5. The topological polar surface area (TPSA) is 38.3 Å². The van der Waals surface area contributed by atoms with Gasteiger partial charge in [0.2, 0.25) is 0 Å². The summed E-state index contributed by atoms with van der Waals surface area (Å²) in [7, 11) is 0. The van der Waals surface area contributed by atoms with Crippen molar-refractivity contribution in [3.05, 3.63) is 94.5 Å². The lowest BCUT2D eigenvalue weighted by atomic mass is 10.1. The van der Waals surface area contributed by atoms with Gasteiger partial charge in [0, 0.05) is 10.6 Å². The van der Waals surface area contributed by atoms with Crippen LogP contribution in [0, 0.1) is 0 Å². The molecular formula is C21H15ClF3NO2. The Morgan fingerprint density at radius 1 is 0.929 bits per heavy atom. The molecule has 3 aromatic carbocycles. The van der Waals surface area contributed by atoms with Crippen LogP contribution in [0.5, 0.6) is 5.75 Å². The largest absolute Gasteiger partial charge is 0.489 e. The lowest BCUT2D eigenvalue weighted by Gasteiger charge is -2.13. The predicted molar refractivity (Wildman–Crippen MR) is 102 cm³/mol. The summed E-state index contributed by atoms with van der Waals surface area (Å²) in [5, 5.41) is 2.92. The van der Waals surface area contributed by atoms with Gasteiger partial charge in [0.05, 0.1) is 11.3 Å². The molecule has 0 aliphatic heterocycles. The molecule has 0 saturated heterocycles. The first kappa shape index (κ1) is 19.8. The number of nitrogens with one attached hydrogen (secondary N) is 1. The second-order valence-corrected chi connectivity index (χ2v) is 6.37. The number of halogens is 4. The van der Waals surface area contributed by atoms with Crippen molar-refractivity contribution in [2.75, 3.05) is 5.32 Å². The van der Waals surface area contributed by atoms with Crippen LogP contribution in [-0.2, 0) is 12.8 Å². The number of para-hydroxylation sites is 1. The summed E-state index contributed by atoms with van der Waals surface area (Å²) in [5.41, 5.74) is -0.124. The third-order valence-electron chi connectivity index (χ3n) is 3.92. The first-order valence-corrected chi connectivity index (χ1v) is 8.65. The molecule has 0 aliphatic carbocycles. The quantitative estimate of drug-likeness (QED) is 0.549. The molecule has 144 valence electrons. The van der Waals surface area contributed by atoms with E-state index in [-0.39, 0.29) is 17.9 Å². The molecule has 0 bridgehead atoms. The third-order valence-corrected chi connectivity index (χ3v) is 4.17. The van der Waals surface area contributed by atoms with E-state index in [1.165, 1.54) is 30.3 Å². The second kappa shape index (κ2) is 8.35. The molecule has 0 unspecified atom stereocenters. The number of anilines is 1. The fourth-order valence-corrected chi connectivity index (χ4v) is 2.61. The lowest BCUT2D eigenvalue weighted by Crippen LogP contribution is -2.16. The summed E-state index contributed by atoms with van der Waals surface area (Å²) >= 11 is 5.81. The van der Waals surface area contributed by atoms with E-state index in [0.29, 0.717) is 10.8 Å². The van der Waals surface area contributed by atoms with Crippen LogP contribution in [-0.4, -0.2) is 5.91 Å². The van der Waals surface area contributed by atoms with E-state index in [9.17, 15) is 18.0 Å². The van der Waals surface area contributed by atoms with Gasteiger partial charge in [-0.15, -0.1) is 0 Å². The summed E-state index contributed by atoms with van der Waals surface area (Å²) in [6.45, 7) is 0.278. The molecule has 0 radical (unpaired) electrons. The maximum atomic E-state index is 13.0. The molecular weight excluding hydrogens is 391 g/mol. The minimum absolute atomic E-state index is 0.243. The summed E-state index contributed by atoms with van der Waals surface area (Å²) in [5.74, 6) is 0.0249. The molecule has 3 aromatic rings. The minimum atomic E-state index is -4.55. The molecule has 28 heavy (non-hydrogen) atoms. The van der Waals surface area contributed by atoms with E-state index in [0.717, 1.165) is 11.6 Å². The molecule has 0 aliphatic rings. The van der Waals surface area contributed by atoms with E-state index < -0.39 is 17.6 Å². The molecule has 7 heteroatoms. The highest BCUT2D eigenvalue weighted by Gasteiger charge is 2.33. The Bertz CT molecular complexity index is 955. The smallest absolute Gasteiger partial charge is 0.418 e. The number of benzene rings is 3. The van der Waals surface area contributed by atoms with Crippen molar-refractivity contribution in [3.8, 4) is 5.75 Å². The van der Waals surface area contributed by atoms with Crippen molar-refractivity contribution in [2.24, 2.45) is 0 Å². The van der Waals surface area contributed by atoms with Crippen LogP contribution in [0.4, 0.5) is 18.9 Å². The van der Waals surface area contributed by atoms with Gasteiger partial charge in [0.1, 0.15) is 12.4 Å². The molecule has 0 spiro atoms. The number of hydrogen-bond donors (Lipinski definition) is 1. The Kier molecular flexibility index (Phi) is 5.90. The maximum absolute atomic E-state index is 13.0. The average Bonchev–Trinajstić information content (AvgIpc) is 2.67. The molecule has 0 atom stereocenters. The highest BCUT2D eigenvalue weighted by atomic mass is 35.5. The predicted octanol–water partition coefficient (Wildman–Crippen LogP) is 6.19. The third kappa shape index (κ3) is 5.04. The fourth-order valence-electron chi connectivity index (χ4n) is 2.48. The number of ether oxygens (including phenoxy) is 1. The van der Waals surface area contributed by atoms with Crippen molar-refractivity contribution >= 4 is 23.2 Å². The number of carbonyl (C=O) groups excluding carboxylic acids is 1. The van der Waals surface area contributed by atoms with E-state index in [1.807, 2.05) is 0 Å². The van der Waals surface area contributed by atoms with Gasteiger partial charge in [0.25, 0.3) is 5.91 Å². The van der Waals surface area contributed by atoms with Crippen molar-refractivity contribution in [3.63, 3.8) is 0 Å². The first-order chi connectivity index (χ1) is 13.3. The van der Waals surface area contributed by atoms with Crippen LogP contribution in [0.25, 0.3) is 0 Å². The molecule has 1 amide bonds. The van der Waals surface area contributed by atoms with Crippen molar-refractivity contribution < 1.29 is 22.7 Å². The van der Waals surface area contributed by atoms with Crippen LogP contribution < -0.4 is 10.1 Å². The second-order valence-electron chi connectivity index (χ2n) is 5.94. The molecule has 3 nitrogen and oxygen atoms in total. The number of rotatable bonds is 5. The molecule has 0 aromatic heterocycles. The van der Waals surface area contributed by atoms with Crippen LogP contribution in [0.2, 0.25) is 5.02 Å².